The highest BCUT2D eigenvalue weighted by molar-refractivity contribution is 7.87. The Morgan fingerprint density at radius 3 is 1.00 bits per heavy atom. The van der Waals surface area contributed by atoms with Gasteiger partial charge in [0.1, 0.15) is 19.6 Å². The molecule has 0 saturated heterocycles. The lowest BCUT2D eigenvalue weighted by Gasteiger charge is -2.12. The zero-order valence-electron chi connectivity index (χ0n) is 38.8. The third-order valence-electron chi connectivity index (χ3n) is 11.2. The molecular formula is C49H32N6O19S4. The fraction of sp³-hybridized carbons (Fsp3) is 0. The van der Waals surface area contributed by atoms with E-state index in [0.717, 1.165) is 84.9 Å². The second kappa shape index (κ2) is 21.0. The molecule has 0 aromatic heterocycles. The number of hydrogen-bond donors (Lipinski definition) is 8. The molecule has 0 atom stereocenters. The highest BCUT2D eigenvalue weighted by Crippen LogP contribution is 2.36. The molecule has 2 amide bonds. The lowest BCUT2D eigenvalue weighted by Crippen LogP contribution is -2.18. The van der Waals surface area contributed by atoms with Gasteiger partial charge in [-0.15, -0.1) is 0 Å². The van der Waals surface area contributed by atoms with Crippen LogP contribution < -0.4 is 10.6 Å². The quantitative estimate of drug-likeness (QED) is 0.0254. The first-order chi connectivity index (χ1) is 36.6. The predicted molar refractivity (Wildman–Crippen MR) is 275 cm³/mol. The number of carboxylic acids is 2. The van der Waals surface area contributed by atoms with Crippen LogP contribution >= 0.6 is 0 Å². The van der Waals surface area contributed by atoms with E-state index in [9.17, 15) is 86.1 Å². The van der Waals surface area contributed by atoms with E-state index >= 15 is 0 Å². The molecule has 0 unspecified atom stereocenters. The third kappa shape index (κ3) is 12.0. The zero-order valence-corrected chi connectivity index (χ0v) is 42.0. The van der Waals surface area contributed by atoms with Crippen LogP contribution in [0.2, 0.25) is 0 Å². The lowest BCUT2D eigenvalue weighted by atomic mass is 9.95. The molecule has 0 spiro atoms. The van der Waals surface area contributed by atoms with Crippen molar-refractivity contribution in [3.05, 3.63) is 179 Å². The SMILES string of the molecule is O=C(c1ccc(C(=O)Nc2ccc(/N=N/c3cc(S(=O)(=O)O)c4cccc(S(=O)(=O)O)c4c3)cc2)c(C(=O)O)c1)c1ccc(C(=O)Nc2ccc(/N=N/c3cc(S(=O)(=O)O)c4cccc(S(=O)(=O)O)c4c3)cc2)c(C(=O)O)c1. The van der Waals surface area contributed by atoms with Crippen LogP contribution in [0.5, 0.6) is 0 Å². The first-order valence-corrected chi connectivity index (χ1v) is 27.3. The molecule has 0 radical (unpaired) electrons. The summed E-state index contributed by atoms with van der Waals surface area (Å²) < 4.78 is 136. The maximum absolute atomic E-state index is 13.7. The fourth-order valence-corrected chi connectivity index (χ4v) is 10.6. The summed E-state index contributed by atoms with van der Waals surface area (Å²) >= 11 is 0. The molecule has 8 rings (SSSR count). The number of nitrogens with one attached hydrogen (secondary N) is 2. The van der Waals surface area contributed by atoms with Gasteiger partial charge in [-0.25, -0.2) is 9.59 Å². The van der Waals surface area contributed by atoms with Gasteiger partial charge in [0.2, 0.25) is 0 Å². The van der Waals surface area contributed by atoms with Crippen LogP contribution in [0.25, 0.3) is 21.5 Å². The average molecular weight is 1140 g/mol. The van der Waals surface area contributed by atoms with Crippen LogP contribution in [0.15, 0.2) is 186 Å². The number of azo groups is 2. The van der Waals surface area contributed by atoms with E-state index in [2.05, 4.69) is 31.1 Å². The molecule has 8 aromatic carbocycles. The summed E-state index contributed by atoms with van der Waals surface area (Å²) in [4.78, 5) is 62.5. The normalized spacial score (nSPS) is 12.3. The Labute approximate surface area is 439 Å². The van der Waals surface area contributed by atoms with Gasteiger partial charge in [0.15, 0.2) is 5.78 Å². The van der Waals surface area contributed by atoms with E-state index in [1.807, 2.05) is 0 Å². The van der Waals surface area contributed by atoms with Crippen molar-refractivity contribution in [2.24, 2.45) is 20.5 Å². The van der Waals surface area contributed by atoms with Gasteiger partial charge in [-0.2, -0.15) is 54.1 Å². The van der Waals surface area contributed by atoms with Crippen molar-refractivity contribution in [2.75, 3.05) is 10.6 Å². The number of aromatic carboxylic acids is 2. The average Bonchev–Trinajstić information content (AvgIpc) is 3.59. The minimum Gasteiger partial charge on any atom is -0.478 e. The lowest BCUT2D eigenvalue weighted by molar-refractivity contribution is 0.0683. The molecule has 0 heterocycles. The number of hydrogen-bond acceptors (Lipinski definition) is 17. The maximum Gasteiger partial charge on any atom is 0.336 e. The molecule has 0 bridgehead atoms. The van der Waals surface area contributed by atoms with Crippen molar-refractivity contribution in [1.29, 1.82) is 0 Å². The number of anilines is 2. The highest BCUT2D eigenvalue weighted by Gasteiger charge is 2.26. The van der Waals surface area contributed by atoms with Gasteiger partial charge in [0, 0.05) is 44.0 Å². The number of benzene rings is 8. The molecule has 8 aromatic rings. The molecular weight excluding hydrogens is 1100 g/mol. The largest absolute Gasteiger partial charge is 0.478 e. The van der Waals surface area contributed by atoms with Crippen LogP contribution in [0, 0.1) is 0 Å². The van der Waals surface area contributed by atoms with Gasteiger partial charge in [0.25, 0.3) is 52.3 Å². The molecule has 0 saturated carbocycles. The van der Waals surface area contributed by atoms with E-state index in [1.54, 1.807) is 0 Å². The van der Waals surface area contributed by atoms with Gasteiger partial charge >= 0.3 is 11.9 Å². The van der Waals surface area contributed by atoms with Gasteiger partial charge < -0.3 is 20.8 Å². The Bertz CT molecular complexity index is 4160. The minimum atomic E-state index is -4.93. The number of ketones is 1. The van der Waals surface area contributed by atoms with Gasteiger partial charge in [0.05, 0.1) is 45.0 Å². The smallest absolute Gasteiger partial charge is 0.336 e. The maximum atomic E-state index is 13.7. The van der Waals surface area contributed by atoms with Crippen molar-refractivity contribution in [2.45, 2.75) is 19.6 Å². The Balaban J connectivity index is 0.951. The number of fused-ring (bicyclic) bond motifs is 2. The summed E-state index contributed by atoms with van der Waals surface area (Å²) in [6.07, 6.45) is 0. The highest BCUT2D eigenvalue weighted by atomic mass is 32.2. The molecule has 0 aliphatic rings. The second-order valence-electron chi connectivity index (χ2n) is 16.4. The Morgan fingerprint density at radius 1 is 0.346 bits per heavy atom. The number of carbonyl (C=O) groups is 5. The van der Waals surface area contributed by atoms with Crippen LogP contribution in [-0.4, -0.2) is 91.6 Å². The van der Waals surface area contributed by atoms with Crippen LogP contribution in [0.1, 0.15) is 57.4 Å². The Hall–Kier alpha value is -9.33. The molecule has 0 fully saturated rings. The van der Waals surface area contributed by atoms with Crippen molar-refractivity contribution >= 4 is 126 Å². The van der Waals surface area contributed by atoms with Crippen LogP contribution in [0.3, 0.4) is 0 Å². The summed E-state index contributed by atoms with van der Waals surface area (Å²) in [5.41, 5.74) is -2.66. The number of rotatable bonds is 16. The van der Waals surface area contributed by atoms with Crippen LogP contribution in [0.4, 0.5) is 34.1 Å². The second-order valence-corrected chi connectivity index (χ2v) is 21.9. The predicted octanol–water partition coefficient (Wildman–Crippen LogP) is 8.94. The van der Waals surface area contributed by atoms with Crippen molar-refractivity contribution in [3.8, 4) is 0 Å². The van der Waals surface area contributed by atoms with Crippen molar-refractivity contribution in [3.63, 3.8) is 0 Å². The summed E-state index contributed by atoms with van der Waals surface area (Å²) in [5, 5.41) is 39.9. The number of nitrogens with zero attached hydrogens (tertiary/aromatic N) is 4. The van der Waals surface area contributed by atoms with E-state index in [1.165, 1.54) is 60.7 Å². The van der Waals surface area contributed by atoms with Gasteiger partial charge in [-0.1, -0.05) is 36.4 Å². The summed E-state index contributed by atoms with van der Waals surface area (Å²) in [6, 6.07) is 27.6. The summed E-state index contributed by atoms with van der Waals surface area (Å²) in [5.74, 6) is -6.01. The van der Waals surface area contributed by atoms with E-state index in [4.69, 9.17) is 0 Å². The van der Waals surface area contributed by atoms with Gasteiger partial charge in [-0.05, 0) is 109 Å². The first-order valence-electron chi connectivity index (χ1n) is 21.6. The van der Waals surface area contributed by atoms with E-state index < -0.39 is 112 Å². The Kier molecular flexibility index (Phi) is 14.8. The Morgan fingerprint density at radius 2 is 0.679 bits per heavy atom. The number of carboxylic acid groups (broad SMARTS) is 2. The minimum absolute atomic E-state index is 0.110. The zero-order chi connectivity index (χ0) is 56.6. The summed E-state index contributed by atoms with van der Waals surface area (Å²) in [7, 11) is -19.6. The summed E-state index contributed by atoms with van der Waals surface area (Å²) in [6.45, 7) is 0. The van der Waals surface area contributed by atoms with Crippen molar-refractivity contribution < 1.29 is 86.1 Å². The number of carbonyl (C=O) groups excluding carboxylic acids is 3. The topological polar surface area (TPSA) is 417 Å². The first kappa shape index (κ1) is 54.9. The van der Waals surface area contributed by atoms with Gasteiger partial charge in [-0.3, -0.25) is 32.6 Å². The molecule has 78 heavy (non-hydrogen) atoms. The molecule has 8 N–H and O–H groups in total. The standard InChI is InChI=1S/C49H32N6O19S4/c56-45(25-7-17-35(39(19-25)48(59)60)46(57)50-27-9-13-29(14-10-27)52-54-31-21-37-33(43(23-31)77(69,70)71)3-1-5-41(37)75(63,64)65)26-8-18-36(40(20-26)49(61)62)47(58)51-28-11-15-30(16-12-28)53-55-32-22-38-34(44(24-32)78(72,73)74)4-2-6-42(38)76(66,67)68/h1-24H,(H,50,57)(H,51,58)(H,59,60)(H,61,62)(H,63,64,65)(H,66,67,68)(H,69,70,71)(H,72,73,74)/b54-52+,55-53+. The molecule has 25 nitrogen and oxygen atoms in total. The monoisotopic (exact) mass is 1140 g/mol. The molecule has 0 aliphatic carbocycles. The fourth-order valence-electron chi connectivity index (χ4n) is 7.75. The van der Waals surface area contributed by atoms with E-state index in [-0.39, 0.29) is 66.8 Å². The van der Waals surface area contributed by atoms with Crippen molar-refractivity contribution in [1.82, 2.24) is 0 Å². The molecule has 0 aliphatic heterocycles. The molecule has 29 heteroatoms. The van der Waals surface area contributed by atoms with E-state index in [0.29, 0.717) is 0 Å². The third-order valence-corrected chi connectivity index (χ3v) is 14.9. The number of amides is 2. The van der Waals surface area contributed by atoms with Crippen LogP contribution in [-0.2, 0) is 40.5 Å². The molecule has 396 valence electrons.